The van der Waals surface area contributed by atoms with E-state index in [1.54, 1.807) is 11.3 Å². The van der Waals surface area contributed by atoms with E-state index in [0.29, 0.717) is 11.3 Å². The molecule has 0 aromatic carbocycles. The molecule has 2 rings (SSSR count). The Bertz CT molecular complexity index is 440. The van der Waals surface area contributed by atoms with Gasteiger partial charge in [0.05, 0.1) is 11.2 Å². The highest BCUT2D eigenvalue weighted by atomic mass is 32.1. The van der Waals surface area contributed by atoms with Crippen LogP contribution in [-0.2, 0) is 6.54 Å². The Hall–Kier alpha value is -0.450. The van der Waals surface area contributed by atoms with E-state index in [9.17, 15) is 0 Å². The van der Waals surface area contributed by atoms with Crippen molar-refractivity contribution in [1.82, 2.24) is 9.88 Å². The molecule has 0 bridgehead atoms. The first kappa shape index (κ1) is 14.9. The van der Waals surface area contributed by atoms with Crippen LogP contribution < -0.4 is 5.73 Å². The van der Waals surface area contributed by atoms with Crippen LogP contribution in [0.3, 0.4) is 0 Å². The lowest BCUT2D eigenvalue weighted by Gasteiger charge is -2.42. The zero-order valence-electron chi connectivity index (χ0n) is 12.9. The standard InChI is InChI=1S/C15H27N3S/c1-11-6-14(3,4)8-15(11,9-16)18(5)7-13-12(2)17-10-19-13/h10-11H,6-9,16H2,1-5H3. The topological polar surface area (TPSA) is 42.2 Å². The van der Waals surface area contributed by atoms with Crippen LogP contribution in [0, 0.1) is 18.3 Å². The SMILES string of the molecule is Cc1ncsc1CN(C)C1(CN)CC(C)(C)CC1C. The number of aromatic nitrogens is 1. The summed E-state index contributed by atoms with van der Waals surface area (Å²) in [5.74, 6) is 0.644. The lowest BCUT2D eigenvalue weighted by atomic mass is 9.85. The van der Waals surface area contributed by atoms with Gasteiger partial charge in [-0.15, -0.1) is 11.3 Å². The molecule has 0 saturated heterocycles. The van der Waals surface area contributed by atoms with Crippen LogP contribution in [-0.4, -0.2) is 29.0 Å². The average molecular weight is 281 g/mol. The molecule has 0 amide bonds. The minimum atomic E-state index is 0.139. The second-order valence-corrected chi connectivity index (χ2v) is 7.91. The average Bonchev–Trinajstić information content (AvgIpc) is 2.81. The monoisotopic (exact) mass is 281 g/mol. The van der Waals surface area contributed by atoms with Crippen LogP contribution in [0.1, 0.15) is 44.2 Å². The molecule has 2 unspecified atom stereocenters. The third kappa shape index (κ3) is 2.71. The van der Waals surface area contributed by atoms with Crippen molar-refractivity contribution in [1.29, 1.82) is 0 Å². The van der Waals surface area contributed by atoms with Gasteiger partial charge in [-0.2, -0.15) is 0 Å². The molecule has 1 fully saturated rings. The molecule has 19 heavy (non-hydrogen) atoms. The Balaban J connectivity index is 2.20. The van der Waals surface area contributed by atoms with Crippen molar-refractivity contribution in [2.45, 2.75) is 52.6 Å². The van der Waals surface area contributed by atoms with Crippen molar-refractivity contribution in [3.63, 3.8) is 0 Å². The van der Waals surface area contributed by atoms with Crippen LogP contribution in [0.4, 0.5) is 0 Å². The van der Waals surface area contributed by atoms with Crippen LogP contribution in [0.25, 0.3) is 0 Å². The molecule has 108 valence electrons. The van der Waals surface area contributed by atoms with Gasteiger partial charge in [0.25, 0.3) is 0 Å². The molecule has 1 saturated carbocycles. The molecule has 2 N–H and O–H groups in total. The van der Waals surface area contributed by atoms with Gasteiger partial charge in [0.15, 0.2) is 0 Å². The van der Waals surface area contributed by atoms with Crippen molar-refractivity contribution in [2.24, 2.45) is 17.1 Å². The maximum atomic E-state index is 6.19. The molecular formula is C15H27N3S. The highest BCUT2D eigenvalue weighted by Gasteiger charge is 2.50. The fourth-order valence-electron chi connectivity index (χ4n) is 3.89. The number of rotatable bonds is 4. The van der Waals surface area contributed by atoms with Gasteiger partial charge in [0.2, 0.25) is 0 Å². The Morgan fingerprint density at radius 1 is 1.53 bits per heavy atom. The van der Waals surface area contributed by atoms with E-state index in [2.05, 4.69) is 44.6 Å². The smallest absolute Gasteiger partial charge is 0.0798 e. The summed E-state index contributed by atoms with van der Waals surface area (Å²) in [6.07, 6.45) is 2.45. The van der Waals surface area contributed by atoms with Gasteiger partial charge in [0.1, 0.15) is 0 Å². The molecule has 2 atom stereocenters. The van der Waals surface area contributed by atoms with E-state index in [-0.39, 0.29) is 5.54 Å². The predicted molar refractivity (Wildman–Crippen MR) is 82.3 cm³/mol. The molecule has 1 aliphatic rings. The van der Waals surface area contributed by atoms with Crippen LogP contribution >= 0.6 is 11.3 Å². The molecule has 3 nitrogen and oxygen atoms in total. The molecule has 1 heterocycles. The van der Waals surface area contributed by atoms with E-state index in [4.69, 9.17) is 5.73 Å². The second-order valence-electron chi connectivity index (χ2n) is 6.97. The van der Waals surface area contributed by atoms with Crippen molar-refractivity contribution in [3.05, 3.63) is 16.1 Å². The van der Waals surface area contributed by atoms with Crippen LogP contribution in [0.15, 0.2) is 5.51 Å². The Labute approximate surface area is 121 Å². The van der Waals surface area contributed by atoms with Gasteiger partial charge in [-0.1, -0.05) is 20.8 Å². The quantitative estimate of drug-likeness (QED) is 0.922. The van der Waals surface area contributed by atoms with E-state index in [1.807, 2.05) is 5.51 Å². The summed E-state index contributed by atoms with van der Waals surface area (Å²) in [6.45, 7) is 10.9. The van der Waals surface area contributed by atoms with Gasteiger partial charge in [0, 0.05) is 23.5 Å². The van der Waals surface area contributed by atoms with Gasteiger partial charge < -0.3 is 5.73 Å². The molecule has 1 aliphatic carbocycles. The molecule has 0 radical (unpaired) electrons. The fourth-order valence-corrected chi connectivity index (χ4v) is 4.71. The van der Waals surface area contributed by atoms with Crippen molar-refractivity contribution in [2.75, 3.05) is 13.6 Å². The van der Waals surface area contributed by atoms with Crippen LogP contribution in [0.2, 0.25) is 0 Å². The number of nitrogens with zero attached hydrogens (tertiary/aromatic N) is 2. The largest absolute Gasteiger partial charge is 0.329 e. The molecule has 1 aromatic heterocycles. The minimum Gasteiger partial charge on any atom is -0.329 e. The first-order chi connectivity index (χ1) is 8.81. The van der Waals surface area contributed by atoms with Gasteiger partial charge in [-0.3, -0.25) is 4.90 Å². The summed E-state index contributed by atoms with van der Waals surface area (Å²) >= 11 is 1.75. The Morgan fingerprint density at radius 2 is 2.21 bits per heavy atom. The molecule has 4 heteroatoms. The Morgan fingerprint density at radius 3 is 2.63 bits per heavy atom. The van der Waals surface area contributed by atoms with Crippen molar-refractivity contribution >= 4 is 11.3 Å². The highest BCUT2D eigenvalue weighted by Crippen LogP contribution is 2.50. The minimum absolute atomic E-state index is 0.139. The number of nitrogens with two attached hydrogens (primary N) is 1. The maximum Gasteiger partial charge on any atom is 0.0798 e. The number of thiazole rings is 1. The molecular weight excluding hydrogens is 254 g/mol. The number of hydrogen-bond donors (Lipinski definition) is 1. The summed E-state index contributed by atoms with van der Waals surface area (Å²) < 4.78 is 0. The third-order valence-electron chi connectivity index (χ3n) is 4.90. The fraction of sp³-hybridized carbons (Fsp3) is 0.800. The number of likely N-dealkylation sites (N-methyl/N-ethyl adjacent to an activating group) is 1. The summed E-state index contributed by atoms with van der Waals surface area (Å²) in [4.78, 5) is 8.20. The van der Waals surface area contributed by atoms with Gasteiger partial charge in [-0.05, 0) is 38.1 Å². The third-order valence-corrected chi connectivity index (χ3v) is 5.82. The van der Waals surface area contributed by atoms with E-state index in [1.165, 1.54) is 17.7 Å². The normalized spacial score (nSPS) is 30.2. The molecule has 1 aromatic rings. The lowest BCUT2D eigenvalue weighted by Crippen LogP contribution is -2.53. The maximum absolute atomic E-state index is 6.19. The lowest BCUT2D eigenvalue weighted by molar-refractivity contribution is 0.0793. The van der Waals surface area contributed by atoms with Crippen LogP contribution in [0.5, 0.6) is 0 Å². The predicted octanol–water partition coefficient (Wildman–Crippen LogP) is 3.04. The summed E-state index contributed by atoms with van der Waals surface area (Å²) in [5, 5.41) is 0. The zero-order chi connectivity index (χ0) is 14.3. The highest BCUT2D eigenvalue weighted by molar-refractivity contribution is 7.09. The molecule has 0 spiro atoms. The van der Waals surface area contributed by atoms with Crippen molar-refractivity contribution < 1.29 is 0 Å². The number of hydrogen-bond acceptors (Lipinski definition) is 4. The summed E-state index contributed by atoms with van der Waals surface area (Å²) in [6, 6.07) is 0. The van der Waals surface area contributed by atoms with Gasteiger partial charge >= 0.3 is 0 Å². The summed E-state index contributed by atoms with van der Waals surface area (Å²) in [5.41, 5.74) is 9.83. The zero-order valence-corrected chi connectivity index (χ0v) is 13.7. The van der Waals surface area contributed by atoms with E-state index in [0.717, 1.165) is 18.8 Å². The number of aryl methyl sites for hydroxylation is 1. The first-order valence-electron chi connectivity index (χ1n) is 7.11. The van der Waals surface area contributed by atoms with E-state index < -0.39 is 0 Å². The Kier molecular flexibility index (Phi) is 4.05. The molecule has 0 aliphatic heterocycles. The van der Waals surface area contributed by atoms with Crippen molar-refractivity contribution in [3.8, 4) is 0 Å². The summed E-state index contributed by atoms with van der Waals surface area (Å²) in [7, 11) is 2.23. The first-order valence-corrected chi connectivity index (χ1v) is 7.99. The van der Waals surface area contributed by atoms with E-state index >= 15 is 0 Å². The van der Waals surface area contributed by atoms with Gasteiger partial charge in [-0.25, -0.2) is 4.98 Å². The second kappa shape index (κ2) is 5.15.